The first-order valence-electron chi connectivity index (χ1n) is 6.63. The van der Waals surface area contributed by atoms with Crippen molar-refractivity contribution in [3.8, 4) is 0 Å². The van der Waals surface area contributed by atoms with Crippen LogP contribution in [-0.4, -0.2) is 12.2 Å². The third-order valence-electron chi connectivity index (χ3n) is 5.21. The second kappa shape index (κ2) is 3.27. The molecule has 1 heterocycles. The molecule has 2 saturated carbocycles. The Morgan fingerprint density at radius 1 is 1.29 bits per heavy atom. The van der Waals surface area contributed by atoms with Crippen LogP contribution in [-0.2, 0) is 11.2 Å². The van der Waals surface area contributed by atoms with E-state index in [0.717, 1.165) is 24.0 Å². The maximum atomic E-state index is 6.05. The first-order valence-corrected chi connectivity index (χ1v) is 7.00. The zero-order valence-corrected chi connectivity index (χ0v) is 10.7. The van der Waals surface area contributed by atoms with Crippen molar-refractivity contribution in [1.82, 2.24) is 0 Å². The van der Waals surface area contributed by atoms with Crippen LogP contribution < -0.4 is 0 Å². The highest BCUT2D eigenvalue weighted by molar-refractivity contribution is 6.30. The second-order valence-corrected chi connectivity index (χ2v) is 6.46. The quantitative estimate of drug-likeness (QED) is 0.725. The molecule has 0 bridgehead atoms. The van der Waals surface area contributed by atoms with E-state index in [1.807, 2.05) is 6.07 Å². The van der Waals surface area contributed by atoms with E-state index in [1.54, 1.807) is 0 Å². The van der Waals surface area contributed by atoms with Gasteiger partial charge in [-0.25, -0.2) is 0 Å². The molecule has 3 aliphatic rings. The number of benzene rings is 1. The van der Waals surface area contributed by atoms with Crippen LogP contribution in [0.3, 0.4) is 0 Å². The third kappa shape index (κ3) is 1.42. The lowest BCUT2D eigenvalue weighted by Crippen LogP contribution is -2.28. The summed E-state index contributed by atoms with van der Waals surface area (Å²) in [6, 6.07) is 8.31. The molecule has 4 rings (SSSR count). The van der Waals surface area contributed by atoms with Crippen LogP contribution >= 0.6 is 11.6 Å². The summed E-state index contributed by atoms with van der Waals surface area (Å²) in [6.07, 6.45) is 6.67. The zero-order valence-electron chi connectivity index (χ0n) is 9.92. The van der Waals surface area contributed by atoms with Gasteiger partial charge in [-0.05, 0) is 55.7 Å². The van der Waals surface area contributed by atoms with E-state index in [9.17, 15) is 0 Å². The Labute approximate surface area is 107 Å². The first kappa shape index (κ1) is 10.4. The van der Waals surface area contributed by atoms with Gasteiger partial charge in [0.15, 0.2) is 0 Å². The molecule has 0 aromatic heterocycles. The molecule has 2 atom stereocenters. The van der Waals surface area contributed by atoms with E-state index in [2.05, 4.69) is 18.2 Å². The number of hydrogen-bond acceptors (Lipinski definition) is 1. The van der Waals surface area contributed by atoms with Gasteiger partial charge >= 0.3 is 0 Å². The van der Waals surface area contributed by atoms with Gasteiger partial charge in [0.25, 0.3) is 0 Å². The molecule has 2 spiro atoms. The Hall–Kier alpha value is -0.530. The lowest BCUT2D eigenvalue weighted by atomic mass is 9.84. The lowest BCUT2D eigenvalue weighted by molar-refractivity contribution is 0.182. The standard InChI is InChI=1S/C15H17ClO/c16-13-3-1-2-11(9-13)8-12-4-5-14(6-7-14)15(12)10-17-15/h1-3,9,12H,4-8,10H2. The fraction of sp³-hybridized carbons (Fsp3) is 0.600. The number of fused-ring (bicyclic) bond motifs is 1. The van der Waals surface area contributed by atoms with Gasteiger partial charge in [0.1, 0.15) is 5.60 Å². The Morgan fingerprint density at radius 3 is 2.76 bits per heavy atom. The first-order chi connectivity index (χ1) is 8.24. The molecular weight excluding hydrogens is 232 g/mol. The van der Waals surface area contributed by atoms with Crippen molar-refractivity contribution < 1.29 is 4.74 Å². The Bertz CT molecular complexity index is 460. The van der Waals surface area contributed by atoms with E-state index in [0.29, 0.717) is 5.41 Å². The maximum absolute atomic E-state index is 6.05. The molecule has 3 fully saturated rings. The van der Waals surface area contributed by atoms with Gasteiger partial charge in [-0.1, -0.05) is 23.7 Å². The molecule has 2 unspecified atom stereocenters. The SMILES string of the molecule is Clc1cccc(CC2CCC3(CC3)C23CO3)c1. The van der Waals surface area contributed by atoms with E-state index in [1.165, 1.54) is 31.2 Å². The number of rotatable bonds is 2. The van der Waals surface area contributed by atoms with Crippen LogP contribution in [0.1, 0.15) is 31.2 Å². The van der Waals surface area contributed by atoms with Crippen LogP contribution in [0.15, 0.2) is 24.3 Å². The molecule has 0 radical (unpaired) electrons. The van der Waals surface area contributed by atoms with Gasteiger partial charge in [-0.2, -0.15) is 0 Å². The van der Waals surface area contributed by atoms with Gasteiger partial charge in [-0.15, -0.1) is 0 Å². The van der Waals surface area contributed by atoms with Gasteiger partial charge in [-0.3, -0.25) is 0 Å². The molecule has 1 aromatic rings. The fourth-order valence-corrected chi connectivity index (χ4v) is 4.20. The van der Waals surface area contributed by atoms with E-state index in [-0.39, 0.29) is 5.60 Å². The summed E-state index contributed by atoms with van der Waals surface area (Å²) in [5.74, 6) is 0.725. The minimum Gasteiger partial charge on any atom is -0.369 e. The highest BCUT2D eigenvalue weighted by Crippen LogP contribution is 2.71. The van der Waals surface area contributed by atoms with Gasteiger partial charge in [0.2, 0.25) is 0 Å². The van der Waals surface area contributed by atoms with Crippen molar-refractivity contribution in [3.05, 3.63) is 34.9 Å². The van der Waals surface area contributed by atoms with Crippen LogP contribution in [0.4, 0.5) is 0 Å². The molecule has 1 nitrogen and oxygen atoms in total. The minimum atomic E-state index is 0.273. The second-order valence-electron chi connectivity index (χ2n) is 6.03. The summed E-state index contributed by atoms with van der Waals surface area (Å²) in [5, 5.41) is 0.854. The number of hydrogen-bond donors (Lipinski definition) is 0. The Morgan fingerprint density at radius 2 is 2.12 bits per heavy atom. The summed E-state index contributed by atoms with van der Waals surface area (Å²) in [7, 11) is 0. The number of halogens is 1. The topological polar surface area (TPSA) is 12.5 Å². The molecule has 1 saturated heterocycles. The van der Waals surface area contributed by atoms with E-state index >= 15 is 0 Å². The van der Waals surface area contributed by atoms with Gasteiger partial charge in [0, 0.05) is 10.4 Å². The highest BCUT2D eigenvalue weighted by atomic mass is 35.5. The highest BCUT2D eigenvalue weighted by Gasteiger charge is 2.73. The van der Waals surface area contributed by atoms with Crippen molar-refractivity contribution in [2.24, 2.45) is 11.3 Å². The Balaban J connectivity index is 1.57. The third-order valence-corrected chi connectivity index (χ3v) is 5.44. The molecule has 90 valence electrons. The largest absolute Gasteiger partial charge is 0.369 e. The summed E-state index contributed by atoms with van der Waals surface area (Å²) < 4.78 is 5.92. The minimum absolute atomic E-state index is 0.273. The van der Waals surface area contributed by atoms with Gasteiger partial charge < -0.3 is 4.74 Å². The van der Waals surface area contributed by atoms with Gasteiger partial charge in [0.05, 0.1) is 6.61 Å². The van der Waals surface area contributed by atoms with E-state index < -0.39 is 0 Å². The lowest BCUT2D eigenvalue weighted by Gasteiger charge is -2.20. The smallest absolute Gasteiger partial charge is 0.100 e. The molecule has 1 aromatic carbocycles. The number of epoxide rings is 1. The van der Waals surface area contributed by atoms with Crippen molar-refractivity contribution in [1.29, 1.82) is 0 Å². The van der Waals surface area contributed by atoms with E-state index in [4.69, 9.17) is 16.3 Å². The molecule has 2 aliphatic carbocycles. The monoisotopic (exact) mass is 248 g/mol. The molecule has 0 amide bonds. The normalized spacial score (nSPS) is 36.6. The van der Waals surface area contributed by atoms with Crippen LogP contribution in [0.2, 0.25) is 5.02 Å². The van der Waals surface area contributed by atoms with Crippen molar-refractivity contribution in [2.45, 2.75) is 37.7 Å². The summed E-state index contributed by atoms with van der Waals surface area (Å²) in [4.78, 5) is 0. The average molecular weight is 249 g/mol. The summed E-state index contributed by atoms with van der Waals surface area (Å²) >= 11 is 6.05. The van der Waals surface area contributed by atoms with Crippen LogP contribution in [0.25, 0.3) is 0 Å². The van der Waals surface area contributed by atoms with Crippen LogP contribution in [0.5, 0.6) is 0 Å². The fourth-order valence-electron chi connectivity index (χ4n) is 3.99. The predicted molar refractivity (Wildman–Crippen MR) is 68.2 cm³/mol. The zero-order chi connectivity index (χ0) is 11.5. The molecule has 0 N–H and O–H groups in total. The summed E-state index contributed by atoms with van der Waals surface area (Å²) in [6.45, 7) is 1.01. The van der Waals surface area contributed by atoms with Crippen LogP contribution in [0, 0.1) is 11.3 Å². The summed E-state index contributed by atoms with van der Waals surface area (Å²) in [5.41, 5.74) is 2.24. The predicted octanol–water partition coefficient (Wildman–Crippen LogP) is 3.84. The van der Waals surface area contributed by atoms with Crippen molar-refractivity contribution in [3.63, 3.8) is 0 Å². The molecule has 1 aliphatic heterocycles. The maximum Gasteiger partial charge on any atom is 0.100 e. The molecule has 2 heteroatoms. The van der Waals surface area contributed by atoms with Crippen molar-refractivity contribution >= 4 is 11.6 Å². The molecular formula is C15H17ClO. The number of ether oxygens (including phenoxy) is 1. The average Bonchev–Trinajstić information content (AvgIpc) is 3.15. The molecule has 17 heavy (non-hydrogen) atoms. The Kier molecular flexibility index (Phi) is 2.00. The van der Waals surface area contributed by atoms with Crippen molar-refractivity contribution in [2.75, 3.05) is 6.61 Å².